The summed E-state index contributed by atoms with van der Waals surface area (Å²) in [6.07, 6.45) is 0. The number of halogens is 1. The number of thioether (sulfide) groups is 1. The summed E-state index contributed by atoms with van der Waals surface area (Å²) in [5.41, 5.74) is 2.27. The van der Waals surface area contributed by atoms with Crippen molar-refractivity contribution in [2.24, 2.45) is 0 Å². The third kappa shape index (κ3) is 4.48. The van der Waals surface area contributed by atoms with E-state index in [0.29, 0.717) is 32.2 Å². The van der Waals surface area contributed by atoms with Gasteiger partial charge in [-0.3, -0.25) is 4.79 Å². The van der Waals surface area contributed by atoms with Gasteiger partial charge < -0.3 is 19.8 Å². The van der Waals surface area contributed by atoms with Crippen molar-refractivity contribution in [1.29, 1.82) is 0 Å². The first-order chi connectivity index (χ1) is 16.1. The lowest BCUT2D eigenvalue weighted by atomic mass is 10.1. The summed E-state index contributed by atoms with van der Waals surface area (Å²) in [5, 5.41) is 16.2. The van der Waals surface area contributed by atoms with E-state index in [2.05, 4.69) is 20.8 Å². The van der Waals surface area contributed by atoms with E-state index in [-0.39, 0.29) is 17.5 Å². The quantitative estimate of drug-likeness (QED) is 0.274. The molecule has 166 valence electrons. The van der Waals surface area contributed by atoms with Gasteiger partial charge in [-0.15, -0.1) is 10.2 Å². The molecule has 5 aromatic rings. The van der Waals surface area contributed by atoms with Gasteiger partial charge in [0.15, 0.2) is 4.34 Å². The molecule has 7 nitrogen and oxygen atoms in total. The third-order valence-electron chi connectivity index (χ3n) is 4.82. The molecule has 0 spiro atoms. The largest absolute Gasteiger partial charge is 0.495 e. The number of carbonyl (C=O) groups is 1. The Hall–Kier alpha value is -3.63. The number of methoxy groups -OCH3 is 1. The van der Waals surface area contributed by atoms with Crippen molar-refractivity contribution < 1.29 is 18.3 Å². The van der Waals surface area contributed by atoms with Crippen molar-refractivity contribution in [1.82, 2.24) is 10.2 Å². The number of nitrogens with one attached hydrogen (secondary N) is 2. The molecule has 0 fully saturated rings. The van der Waals surface area contributed by atoms with Crippen LogP contribution >= 0.6 is 23.1 Å². The summed E-state index contributed by atoms with van der Waals surface area (Å²) in [6.45, 7) is 0. The summed E-state index contributed by atoms with van der Waals surface area (Å²) in [7, 11) is 1.55. The van der Waals surface area contributed by atoms with Crippen molar-refractivity contribution >= 4 is 67.5 Å². The molecule has 2 aromatic heterocycles. The van der Waals surface area contributed by atoms with Gasteiger partial charge >= 0.3 is 0 Å². The Kier molecular flexibility index (Phi) is 5.84. The molecule has 0 bridgehead atoms. The third-order valence-corrected chi connectivity index (χ3v) is 6.79. The molecular weight excluding hydrogens is 463 g/mol. The predicted octanol–water partition coefficient (Wildman–Crippen LogP) is 6.06. The van der Waals surface area contributed by atoms with Crippen molar-refractivity contribution in [3.05, 3.63) is 66.5 Å². The van der Waals surface area contributed by atoms with Crippen LogP contribution in [0.1, 0.15) is 0 Å². The van der Waals surface area contributed by atoms with Gasteiger partial charge in [0.1, 0.15) is 22.7 Å². The van der Waals surface area contributed by atoms with Crippen LogP contribution in [0.5, 0.6) is 5.75 Å². The summed E-state index contributed by atoms with van der Waals surface area (Å²) in [4.78, 5) is 12.6. The average Bonchev–Trinajstić information content (AvgIpc) is 3.42. The fourth-order valence-corrected chi connectivity index (χ4v) is 4.89. The molecule has 2 heterocycles. The number of rotatable bonds is 7. The van der Waals surface area contributed by atoms with Crippen LogP contribution in [0.15, 0.2) is 69.4 Å². The van der Waals surface area contributed by atoms with Gasteiger partial charge in [0.25, 0.3) is 0 Å². The highest BCUT2D eigenvalue weighted by atomic mass is 32.2. The van der Waals surface area contributed by atoms with Gasteiger partial charge in [0, 0.05) is 16.8 Å². The van der Waals surface area contributed by atoms with Gasteiger partial charge in [-0.05, 0) is 24.3 Å². The molecule has 0 radical (unpaired) electrons. The number of hydrogen-bond acceptors (Lipinski definition) is 8. The molecule has 0 aliphatic carbocycles. The highest BCUT2D eigenvalue weighted by molar-refractivity contribution is 8.01. The lowest BCUT2D eigenvalue weighted by molar-refractivity contribution is -0.113. The Bertz CT molecular complexity index is 1470. The number of furan rings is 1. The van der Waals surface area contributed by atoms with Gasteiger partial charge in [0.05, 0.1) is 24.2 Å². The van der Waals surface area contributed by atoms with Crippen LogP contribution in [0.3, 0.4) is 0 Å². The Labute approximate surface area is 196 Å². The summed E-state index contributed by atoms with van der Waals surface area (Å²) in [6, 6.07) is 17.7. The lowest BCUT2D eigenvalue weighted by Gasteiger charge is -2.10. The molecule has 0 unspecified atom stereocenters. The zero-order chi connectivity index (χ0) is 22.8. The highest BCUT2D eigenvalue weighted by Gasteiger charge is 2.15. The van der Waals surface area contributed by atoms with Crippen LogP contribution in [0.2, 0.25) is 0 Å². The van der Waals surface area contributed by atoms with Crippen molar-refractivity contribution in [2.45, 2.75) is 4.34 Å². The predicted molar refractivity (Wildman–Crippen MR) is 129 cm³/mol. The van der Waals surface area contributed by atoms with E-state index in [9.17, 15) is 9.18 Å². The normalized spacial score (nSPS) is 11.1. The number of aromatic nitrogens is 2. The number of nitrogens with zero attached hydrogens (tertiary/aromatic N) is 2. The fraction of sp³-hybridized carbons (Fsp3) is 0.0870. The summed E-state index contributed by atoms with van der Waals surface area (Å²) in [5.74, 6) is 0.0549. The van der Waals surface area contributed by atoms with Crippen LogP contribution in [0.4, 0.5) is 20.9 Å². The number of fused-ring (bicyclic) bond motifs is 3. The fourth-order valence-electron chi connectivity index (χ4n) is 3.33. The van der Waals surface area contributed by atoms with Crippen molar-refractivity contribution in [2.75, 3.05) is 23.5 Å². The molecule has 0 saturated carbocycles. The minimum absolute atomic E-state index is 0.121. The van der Waals surface area contributed by atoms with E-state index in [0.717, 1.165) is 16.4 Å². The maximum absolute atomic E-state index is 13.8. The Morgan fingerprint density at radius 2 is 1.88 bits per heavy atom. The second-order valence-electron chi connectivity index (χ2n) is 6.96. The van der Waals surface area contributed by atoms with Crippen LogP contribution in [-0.2, 0) is 4.79 Å². The van der Waals surface area contributed by atoms with E-state index in [4.69, 9.17) is 9.15 Å². The molecule has 0 aliphatic rings. The maximum atomic E-state index is 13.8. The summed E-state index contributed by atoms with van der Waals surface area (Å²) >= 11 is 2.48. The number of hydrogen-bond donors (Lipinski definition) is 2. The minimum atomic E-state index is -0.378. The Morgan fingerprint density at radius 1 is 1.06 bits per heavy atom. The van der Waals surface area contributed by atoms with Crippen LogP contribution in [0.25, 0.3) is 21.9 Å². The number of benzene rings is 3. The molecule has 0 atom stereocenters. The lowest BCUT2D eigenvalue weighted by Crippen LogP contribution is -2.14. The monoisotopic (exact) mass is 480 g/mol. The van der Waals surface area contributed by atoms with Crippen molar-refractivity contribution in [3.63, 3.8) is 0 Å². The Balaban J connectivity index is 1.26. The SMILES string of the molecule is COc1cc2c(cc1NC(=O)CSc1nnc(Nc3ccccc3F)s1)oc1ccccc12. The maximum Gasteiger partial charge on any atom is 0.234 e. The molecule has 0 saturated heterocycles. The number of ether oxygens (including phenoxy) is 1. The number of para-hydroxylation sites is 2. The zero-order valence-electron chi connectivity index (χ0n) is 17.3. The second-order valence-corrected chi connectivity index (χ2v) is 9.16. The topological polar surface area (TPSA) is 89.3 Å². The van der Waals surface area contributed by atoms with Crippen LogP contribution < -0.4 is 15.4 Å². The number of anilines is 3. The number of amides is 1. The number of carbonyl (C=O) groups excluding carboxylic acids is 1. The zero-order valence-corrected chi connectivity index (χ0v) is 18.9. The van der Waals surface area contributed by atoms with Crippen LogP contribution in [-0.4, -0.2) is 29.0 Å². The molecule has 10 heteroatoms. The standard InChI is InChI=1S/C23H17FN4O3S2/c1-30-20-10-14-13-6-2-5-9-18(13)31-19(14)11-17(20)25-21(29)12-32-23-28-27-22(33-23)26-16-8-4-3-7-15(16)24/h2-11H,12H2,1H3,(H,25,29)(H,26,27). The molecule has 33 heavy (non-hydrogen) atoms. The highest BCUT2D eigenvalue weighted by Crippen LogP contribution is 2.36. The minimum Gasteiger partial charge on any atom is -0.495 e. The van der Waals surface area contributed by atoms with Gasteiger partial charge in [-0.2, -0.15) is 0 Å². The molecule has 5 rings (SSSR count). The van der Waals surface area contributed by atoms with Crippen molar-refractivity contribution in [3.8, 4) is 5.75 Å². The Morgan fingerprint density at radius 3 is 2.73 bits per heavy atom. The summed E-state index contributed by atoms with van der Waals surface area (Å²) < 4.78 is 25.8. The van der Waals surface area contributed by atoms with Crippen LogP contribution in [0, 0.1) is 5.82 Å². The van der Waals surface area contributed by atoms with Gasteiger partial charge in [-0.1, -0.05) is 53.4 Å². The molecule has 1 amide bonds. The van der Waals surface area contributed by atoms with E-state index in [1.54, 1.807) is 31.4 Å². The van der Waals surface area contributed by atoms with Gasteiger partial charge in [-0.25, -0.2) is 4.39 Å². The molecule has 2 N–H and O–H groups in total. The smallest absolute Gasteiger partial charge is 0.234 e. The van der Waals surface area contributed by atoms with E-state index >= 15 is 0 Å². The molecular formula is C23H17FN4O3S2. The van der Waals surface area contributed by atoms with E-state index in [1.807, 2.05) is 30.3 Å². The van der Waals surface area contributed by atoms with E-state index < -0.39 is 0 Å². The first kappa shape index (κ1) is 21.2. The van der Waals surface area contributed by atoms with E-state index in [1.165, 1.54) is 29.2 Å². The molecule has 0 aliphatic heterocycles. The average molecular weight is 481 g/mol. The molecule has 3 aromatic carbocycles. The first-order valence-electron chi connectivity index (χ1n) is 9.87. The van der Waals surface area contributed by atoms with Gasteiger partial charge in [0.2, 0.25) is 11.0 Å². The first-order valence-corrected chi connectivity index (χ1v) is 11.7. The second kappa shape index (κ2) is 9.08.